The molecule has 0 unspecified atom stereocenters. The van der Waals surface area contributed by atoms with E-state index < -0.39 is 23.0 Å². The highest BCUT2D eigenvalue weighted by molar-refractivity contribution is 7.89. The van der Waals surface area contributed by atoms with E-state index in [-0.39, 0.29) is 4.90 Å². The van der Waals surface area contributed by atoms with E-state index in [4.69, 9.17) is 0 Å². The van der Waals surface area contributed by atoms with Crippen LogP contribution in [0.25, 0.3) is 0 Å². The minimum atomic E-state index is -3.86. The molecule has 1 aliphatic rings. The van der Waals surface area contributed by atoms with E-state index in [9.17, 15) is 17.2 Å². The van der Waals surface area contributed by atoms with Crippen molar-refractivity contribution in [2.45, 2.75) is 24.2 Å². The van der Waals surface area contributed by atoms with Crippen molar-refractivity contribution in [3.63, 3.8) is 0 Å². The molecule has 0 spiro atoms. The van der Waals surface area contributed by atoms with Gasteiger partial charge in [-0.2, -0.15) is 4.31 Å². The molecule has 106 valence electrons. The number of nitrogens with one attached hydrogen (secondary N) is 1. The van der Waals surface area contributed by atoms with E-state index in [2.05, 4.69) is 5.32 Å². The standard InChI is InChI=1S/C12H16F2N2O2S/c1-16(8-12(13)14)19(17,18)11-6-2-5-10-9(11)4-3-7-15-10/h2,5-6,12,15H,3-4,7-8H2,1H3. The lowest BCUT2D eigenvalue weighted by atomic mass is 10.0. The first kappa shape index (κ1) is 14.2. The Labute approximate surface area is 111 Å². The topological polar surface area (TPSA) is 49.4 Å². The van der Waals surface area contributed by atoms with E-state index in [1.165, 1.54) is 13.1 Å². The Morgan fingerprint density at radius 1 is 1.42 bits per heavy atom. The summed E-state index contributed by atoms with van der Waals surface area (Å²) in [6, 6.07) is 4.91. The van der Waals surface area contributed by atoms with Crippen molar-refractivity contribution in [2.75, 3.05) is 25.5 Å². The number of anilines is 1. The van der Waals surface area contributed by atoms with Gasteiger partial charge in [-0.1, -0.05) is 6.07 Å². The highest BCUT2D eigenvalue weighted by Gasteiger charge is 2.27. The van der Waals surface area contributed by atoms with Gasteiger partial charge in [0.05, 0.1) is 11.4 Å². The normalized spacial score (nSPS) is 15.4. The van der Waals surface area contributed by atoms with E-state index in [0.29, 0.717) is 16.3 Å². The second-order valence-corrected chi connectivity index (χ2v) is 6.50. The van der Waals surface area contributed by atoms with Gasteiger partial charge in [-0.15, -0.1) is 0 Å². The average molecular weight is 290 g/mol. The zero-order valence-corrected chi connectivity index (χ0v) is 11.4. The third-order valence-electron chi connectivity index (χ3n) is 3.14. The summed E-state index contributed by atoms with van der Waals surface area (Å²) in [5, 5.41) is 3.12. The van der Waals surface area contributed by atoms with Gasteiger partial charge in [-0.05, 0) is 30.5 Å². The maximum atomic E-state index is 12.4. The Morgan fingerprint density at radius 2 is 2.16 bits per heavy atom. The van der Waals surface area contributed by atoms with Gasteiger partial charge in [-0.3, -0.25) is 0 Å². The van der Waals surface area contributed by atoms with E-state index in [1.54, 1.807) is 12.1 Å². The lowest BCUT2D eigenvalue weighted by Crippen LogP contribution is -2.32. The summed E-state index contributed by atoms with van der Waals surface area (Å²) in [5.41, 5.74) is 1.47. The predicted molar refractivity (Wildman–Crippen MR) is 69.1 cm³/mol. The molecule has 4 nitrogen and oxygen atoms in total. The summed E-state index contributed by atoms with van der Waals surface area (Å²) in [7, 11) is -2.68. The second-order valence-electron chi connectivity index (χ2n) is 4.49. The molecule has 0 atom stereocenters. The molecule has 7 heteroatoms. The summed E-state index contributed by atoms with van der Waals surface area (Å²) in [4.78, 5) is 0.125. The summed E-state index contributed by atoms with van der Waals surface area (Å²) in [6.45, 7) is 0.00278. The monoisotopic (exact) mass is 290 g/mol. The minimum absolute atomic E-state index is 0.125. The average Bonchev–Trinajstić information content (AvgIpc) is 2.37. The number of hydrogen-bond donors (Lipinski definition) is 1. The first-order chi connectivity index (χ1) is 8.93. The molecule has 0 radical (unpaired) electrons. The molecule has 0 aromatic heterocycles. The lowest BCUT2D eigenvalue weighted by molar-refractivity contribution is 0.126. The molecule has 0 amide bonds. The molecular weight excluding hydrogens is 274 g/mol. The number of fused-ring (bicyclic) bond motifs is 1. The third kappa shape index (κ3) is 2.87. The molecule has 0 aliphatic carbocycles. The molecule has 0 fully saturated rings. The number of sulfonamides is 1. The highest BCUT2D eigenvalue weighted by atomic mass is 32.2. The van der Waals surface area contributed by atoms with Gasteiger partial charge in [-0.25, -0.2) is 17.2 Å². The third-order valence-corrected chi connectivity index (χ3v) is 5.04. The summed E-state index contributed by atoms with van der Waals surface area (Å²) in [5.74, 6) is 0. The van der Waals surface area contributed by atoms with Crippen LogP contribution < -0.4 is 5.32 Å². The predicted octanol–water partition coefficient (Wildman–Crippen LogP) is 1.93. The van der Waals surface area contributed by atoms with Crippen LogP contribution in [0.3, 0.4) is 0 Å². The number of benzene rings is 1. The van der Waals surface area contributed by atoms with E-state index in [0.717, 1.165) is 18.7 Å². The van der Waals surface area contributed by atoms with Crippen molar-refractivity contribution in [1.29, 1.82) is 0 Å². The lowest BCUT2D eigenvalue weighted by Gasteiger charge is -2.23. The molecule has 1 aromatic carbocycles. The molecule has 1 heterocycles. The fourth-order valence-corrected chi connectivity index (χ4v) is 3.60. The molecule has 19 heavy (non-hydrogen) atoms. The van der Waals surface area contributed by atoms with Crippen molar-refractivity contribution in [3.05, 3.63) is 23.8 Å². The van der Waals surface area contributed by atoms with Crippen LogP contribution in [0.5, 0.6) is 0 Å². The van der Waals surface area contributed by atoms with Crippen LogP contribution >= 0.6 is 0 Å². The molecule has 1 aliphatic heterocycles. The quantitative estimate of drug-likeness (QED) is 0.922. The Morgan fingerprint density at radius 3 is 2.84 bits per heavy atom. The zero-order chi connectivity index (χ0) is 14.0. The molecule has 0 saturated heterocycles. The second kappa shape index (κ2) is 5.42. The summed E-state index contributed by atoms with van der Waals surface area (Å²) in [6.07, 6.45) is -1.21. The van der Waals surface area contributed by atoms with Crippen LogP contribution in [0.2, 0.25) is 0 Å². The SMILES string of the molecule is CN(CC(F)F)S(=O)(=O)c1cccc2c1CCCN2. The van der Waals surface area contributed by atoms with Crippen LogP contribution in [0.1, 0.15) is 12.0 Å². The number of alkyl halides is 2. The van der Waals surface area contributed by atoms with Crippen LogP contribution in [-0.4, -0.2) is 39.3 Å². The van der Waals surface area contributed by atoms with Crippen molar-refractivity contribution in [3.8, 4) is 0 Å². The molecule has 0 bridgehead atoms. The highest BCUT2D eigenvalue weighted by Crippen LogP contribution is 2.29. The molecule has 1 N–H and O–H groups in total. The van der Waals surface area contributed by atoms with Gasteiger partial charge < -0.3 is 5.32 Å². The first-order valence-corrected chi connectivity index (χ1v) is 7.47. The van der Waals surface area contributed by atoms with E-state index in [1.807, 2.05) is 0 Å². The Bertz CT molecular complexity index is 561. The fourth-order valence-electron chi connectivity index (χ4n) is 2.18. The van der Waals surface area contributed by atoms with Gasteiger partial charge in [0.15, 0.2) is 0 Å². The van der Waals surface area contributed by atoms with Gasteiger partial charge in [0, 0.05) is 19.3 Å². The summed E-state index contributed by atoms with van der Waals surface area (Å²) < 4.78 is 50.0. The molecular formula is C12H16F2N2O2S. The van der Waals surface area contributed by atoms with Crippen molar-refractivity contribution >= 4 is 15.7 Å². The molecule has 0 saturated carbocycles. The van der Waals surface area contributed by atoms with Crippen molar-refractivity contribution in [1.82, 2.24) is 4.31 Å². The van der Waals surface area contributed by atoms with Gasteiger partial charge in [0.1, 0.15) is 0 Å². The van der Waals surface area contributed by atoms with Crippen LogP contribution in [0.15, 0.2) is 23.1 Å². The Balaban J connectivity index is 2.41. The van der Waals surface area contributed by atoms with Crippen molar-refractivity contribution in [2.24, 2.45) is 0 Å². The Hall–Kier alpha value is -1.21. The zero-order valence-electron chi connectivity index (χ0n) is 10.6. The van der Waals surface area contributed by atoms with Crippen LogP contribution in [-0.2, 0) is 16.4 Å². The van der Waals surface area contributed by atoms with Gasteiger partial charge in [0.25, 0.3) is 6.43 Å². The maximum absolute atomic E-state index is 12.4. The first-order valence-electron chi connectivity index (χ1n) is 6.03. The number of nitrogens with zero attached hydrogens (tertiary/aromatic N) is 1. The summed E-state index contributed by atoms with van der Waals surface area (Å²) >= 11 is 0. The van der Waals surface area contributed by atoms with Crippen molar-refractivity contribution < 1.29 is 17.2 Å². The van der Waals surface area contributed by atoms with Crippen LogP contribution in [0, 0.1) is 0 Å². The molecule has 1 aromatic rings. The van der Waals surface area contributed by atoms with Crippen LogP contribution in [0.4, 0.5) is 14.5 Å². The smallest absolute Gasteiger partial charge is 0.252 e. The van der Waals surface area contributed by atoms with Gasteiger partial charge >= 0.3 is 0 Å². The molecule has 2 rings (SSSR count). The maximum Gasteiger partial charge on any atom is 0.252 e. The minimum Gasteiger partial charge on any atom is -0.385 e. The Kier molecular flexibility index (Phi) is 4.05. The number of halogens is 2. The largest absolute Gasteiger partial charge is 0.385 e. The number of rotatable bonds is 4. The van der Waals surface area contributed by atoms with Gasteiger partial charge in [0.2, 0.25) is 10.0 Å². The fraction of sp³-hybridized carbons (Fsp3) is 0.500. The van der Waals surface area contributed by atoms with E-state index >= 15 is 0 Å². The number of hydrogen-bond acceptors (Lipinski definition) is 3.